The van der Waals surface area contributed by atoms with Gasteiger partial charge in [-0.25, -0.2) is 4.98 Å². The van der Waals surface area contributed by atoms with Crippen LogP contribution in [-0.4, -0.2) is 14.8 Å². The fraction of sp³-hybridized carbons (Fsp3) is 0.400. The number of hydrogen-bond donors (Lipinski definition) is 1. The van der Waals surface area contributed by atoms with Crippen LogP contribution in [0.1, 0.15) is 25.5 Å². The molecule has 4 heteroatoms. The Labute approximate surface area is 82.7 Å². The van der Waals surface area contributed by atoms with E-state index in [9.17, 15) is 0 Å². The molecule has 2 heterocycles. The summed E-state index contributed by atoms with van der Waals surface area (Å²) in [4.78, 5) is 4.09. The van der Waals surface area contributed by atoms with E-state index >= 15 is 0 Å². The third-order valence-corrected chi connectivity index (χ3v) is 2.37. The third kappa shape index (κ3) is 1.14. The Bertz CT molecular complexity index is 470. The number of nitrogens with zero attached hydrogens (tertiary/aromatic N) is 3. The molecule has 0 aliphatic heterocycles. The van der Waals surface area contributed by atoms with Crippen molar-refractivity contribution in [1.29, 1.82) is 0 Å². The Morgan fingerprint density at radius 3 is 2.79 bits per heavy atom. The Morgan fingerprint density at radius 2 is 2.14 bits per heavy atom. The molecular weight excluding hydrogens is 176 g/mol. The lowest BCUT2D eigenvalue weighted by molar-refractivity contribution is 0.729. The van der Waals surface area contributed by atoms with Gasteiger partial charge in [0.25, 0.3) is 0 Å². The van der Waals surface area contributed by atoms with E-state index in [0.717, 1.165) is 16.6 Å². The van der Waals surface area contributed by atoms with Crippen LogP contribution in [0, 0.1) is 0 Å². The Kier molecular flexibility index (Phi) is 1.91. The van der Waals surface area contributed by atoms with E-state index < -0.39 is 0 Å². The second-order valence-electron chi connectivity index (χ2n) is 3.75. The van der Waals surface area contributed by atoms with E-state index in [4.69, 9.17) is 5.73 Å². The highest BCUT2D eigenvalue weighted by atomic mass is 15.3. The van der Waals surface area contributed by atoms with Crippen LogP contribution in [0.2, 0.25) is 0 Å². The number of aromatic nitrogens is 3. The molecule has 0 amide bonds. The van der Waals surface area contributed by atoms with Crippen LogP contribution >= 0.6 is 0 Å². The Morgan fingerprint density at radius 1 is 1.43 bits per heavy atom. The van der Waals surface area contributed by atoms with Gasteiger partial charge >= 0.3 is 0 Å². The van der Waals surface area contributed by atoms with Gasteiger partial charge in [-0.05, 0) is 12.0 Å². The van der Waals surface area contributed by atoms with Gasteiger partial charge in [-0.2, -0.15) is 5.10 Å². The van der Waals surface area contributed by atoms with Gasteiger partial charge in [0, 0.05) is 13.2 Å². The minimum Gasteiger partial charge on any atom is -0.383 e. The molecule has 2 N–H and O–H groups in total. The molecule has 2 aromatic heterocycles. The molecule has 0 saturated carbocycles. The van der Waals surface area contributed by atoms with Crippen molar-refractivity contribution in [3.63, 3.8) is 0 Å². The van der Waals surface area contributed by atoms with Crippen LogP contribution in [0.4, 0.5) is 5.82 Å². The van der Waals surface area contributed by atoms with E-state index in [2.05, 4.69) is 23.9 Å². The molecule has 0 saturated heterocycles. The highest BCUT2D eigenvalue weighted by Crippen LogP contribution is 2.27. The summed E-state index contributed by atoms with van der Waals surface area (Å²) >= 11 is 0. The lowest BCUT2D eigenvalue weighted by Crippen LogP contribution is -1.94. The molecule has 0 aliphatic rings. The van der Waals surface area contributed by atoms with Crippen molar-refractivity contribution in [2.75, 3.05) is 5.73 Å². The predicted molar refractivity (Wildman–Crippen MR) is 57.0 cm³/mol. The number of hydrogen-bond acceptors (Lipinski definition) is 3. The molecular formula is C10H14N4. The summed E-state index contributed by atoms with van der Waals surface area (Å²) in [5.41, 5.74) is 7.91. The third-order valence-electron chi connectivity index (χ3n) is 2.37. The summed E-state index contributed by atoms with van der Waals surface area (Å²) in [6, 6.07) is 1.94. The fourth-order valence-corrected chi connectivity index (χ4v) is 1.67. The normalized spacial score (nSPS) is 11.4. The van der Waals surface area contributed by atoms with Crippen LogP contribution < -0.4 is 5.73 Å². The van der Waals surface area contributed by atoms with E-state index in [-0.39, 0.29) is 0 Å². The molecule has 0 fully saturated rings. The molecule has 0 atom stereocenters. The number of rotatable bonds is 1. The monoisotopic (exact) mass is 190 g/mol. The average Bonchev–Trinajstić information content (AvgIpc) is 2.46. The first-order valence-electron chi connectivity index (χ1n) is 4.68. The summed E-state index contributed by atoms with van der Waals surface area (Å²) < 4.78 is 1.85. The highest BCUT2D eigenvalue weighted by molar-refractivity contribution is 5.91. The summed E-state index contributed by atoms with van der Waals surface area (Å²) in [7, 11) is 1.92. The number of pyridine rings is 1. The van der Waals surface area contributed by atoms with Crippen LogP contribution in [0.15, 0.2) is 12.3 Å². The van der Waals surface area contributed by atoms with E-state index in [1.807, 2.05) is 17.8 Å². The molecule has 0 spiro atoms. The molecule has 0 aromatic carbocycles. The molecule has 14 heavy (non-hydrogen) atoms. The van der Waals surface area contributed by atoms with Crippen LogP contribution in [0.5, 0.6) is 0 Å². The van der Waals surface area contributed by atoms with Crippen molar-refractivity contribution in [2.24, 2.45) is 7.05 Å². The predicted octanol–water partition coefficient (Wildman–Crippen LogP) is 1.67. The Balaban J connectivity index is 2.86. The quantitative estimate of drug-likeness (QED) is 0.744. The summed E-state index contributed by atoms with van der Waals surface area (Å²) in [5.74, 6) is 0.935. The standard InChI is InChI=1S/C10H14N4/c1-6(2)9-8-7(14(3)13-9)4-5-12-10(8)11/h4-6H,1-3H3,(H2,11,12). The van der Waals surface area contributed by atoms with Gasteiger partial charge in [0.2, 0.25) is 0 Å². The Hall–Kier alpha value is -1.58. The first-order valence-corrected chi connectivity index (χ1v) is 4.68. The zero-order valence-electron chi connectivity index (χ0n) is 8.65. The number of aryl methyl sites for hydroxylation is 1. The minimum atomic E-state index is 0.366. The molecule has 0 aliphatic carbocycles. The minimum absolute atomic E-state index is 0.366. The number of anilines is 1. The summed E-state index contributed by atoms with van der Waals surface area (Å²) in [5, 5.41) is 5.44. The second-order valence-corrected chi connectivity index (χ2v) is 3.75. The van der Waals surface area contributed by atoms with Crippen molar-refractivity contribution in [3.05, 3.63) is 18.0 Å². The van der Waals surface area contributed by atoms with E-state index in [1.165, 1.54) is 0 Å². The summed E-state index contributed by atoms with van der Waals surface area (Å²) in [6.45, 7) is 4.21. The van der Waals surface area contributed by atoms with E-state index in [1.54, 1.807) is 6.20 Å². The smallest absolute Gasteiger partial charge is 0.134 e. The van der Waals surface area contributed by atoms with Gasteiger partial charge < -0.3 is 5.73 Å². The second kappa shape index (κ2) is 2.97. The van der Waals surface area contributed by atoms with Crippen LogP contribution in [0.25, 0.3) is 10.9 Å². The van der Waals surface area contributed by atoms with Gasteiger partial charge in [-0.15, -0.1) is 0 Å². The zero-order chi connectivity index (χ0) is 10.3. The van der Waals surface area contributed by atoms with Crippen LogP contribution in [0.3, 0.4) is 0 Å². The molecule has 0 bridgehead atoms. The maximum Gasteiger partial charge on any atom is 0.134 e. The first kappa shape index (κ1) is 8.99. The summed E-state index contributed by atoms with van der Waals surface area (Å²) in [6.07, 6.45) is 1.71. The van der Waals surface area contributed by atoms with Crippen LogP contribution in [-0.2, 0) is 7.05 Å². The number of nitrogen functional groups attached to an aromatic ring is 1. The maximum absolute atomic E-state index is 5.84. The highest BCUT2D eigenvalue weighted by Gasteiger charge is 2.14. The lowest BCUT2D eigenvalue weighted by atomic mass is 10.1. The number of nitrogens with two attached hydrogens (primary N) is 1. The van der Waals surface area contributed by atoms with Gasteiger partial charge in [0.15, 0.2) is 0 Å². The molecule has 4 nitrogen and oxygen atoms in total. The average molecular weight is 190 g/mol. The van der Waals surface area contributed by atoms with Crippen molar-refractivity contribution in [1.82, 2.24) is 14.8 Å². The molecule has 0 radical (unpaired) electrons. The first-order chi connectivity index (χ1) is 6.61. The van der Waals surface area contributed by atoms with Gasteiger partial charge in [-0.3, -0.25) is 4.68 Å². The molecule has 2 aromatic rings. The maximum atomic E-state index is 5.84. The topological polar surface area (TPSA) is 56.7 Å². The van der Waals surface area contributed by atoms with Gasteiger partial charge in [0.05, 0.1) is 16.6 Å². The van der Waals surface area contributed by atoms with Gasteiger partial charge in [0.1, 0.15) is 5.82 Å². The van der Waals surface area contributed by atoms with Crippen molar-refractivity contribution < 1.29 is 0 Å². The largest absolute Gasteiger partial charge is 0.383 e. The van der Waals surface area contributed by atoms with E-state index in [0.29, 0.717) is 11.7 Å². The fourth-order valence-electron chi connectivity index (χ4n) is 1.67. The molecule has 2 rings (SSSR count). The van der Waals surface area contributed by atoms with Crippen molar-refractivity contribution in [2.45, 2.75) is 19.8 Å². The lowest BCUT2D eigenvalue weighted by Gasteiger charge is -2.01. The number of fused-ring (bicyclic) bond motifs is 1. The SMILES string of the molecule is CC(C)c1nn(C)c2ccnc(N)c12. The molecule has 0 unspecified atom stereocenters. The molecule has 74 valence electrons. The van der Waals surface area contributed by atoms with Gasteiger partial charge in [-0.1, -0.05) is 13.8 Å². The van der Waals surface area contributed by atoms with Crippen molar-refractivity contribution >= 4 is 16.7 Å². The zero-order valence-corrected chi connectivity index (χ0v) is 8.65. The van der Waals surface area contributed by atoms with Crippen molar-refractivity contribution in [3.8, 4) is 0 Å².